The van der Waals surface area contributed by atoms with Crippen LogP contribution in [0.15, 0.2) is 35.2 Å². The van der Waals surface area contributed by atoms with Crippen LogP contribution in [-0.4, -0.2) is 53.7 Å². The number of sulfonamides is 1. The maximum atomic E-state index is 12.8. The van der Waals surface area contributed by atoms with E-state index in [1.165, 1.54) is 15.6 Å². The molecule has 0 aliphatic heterocycles. The molecule has 0 bridgehead atoms. The van der Waals surface area contributed by atoms with Crippen LogP contribution in [0.3, 0.4) is 0 Å². The van der Waals surface area contributed by atoms with Gasteiger partial charge in [0.1, 0.15) is 5.82 Å². The number of hydrogen-bond donors (Lipinski definition) is 0. The topological polar surface area (TPSA) is 98.6 Å². The third-order valence-electron chi connectivity index (χ3n) is 5.49. The molecule has 0 saturated heterocycles. The first-order valence-corrected chi connectivity index (χ1v) is 13.2. The van der Waals surface area contributed by atoms with E-state index in [2.05, 4.69) is 4.98 Å². The minimum atomic E-state index is -3.58. The summed E-state index contributed by atoms with van der Waals surface area (Å²) < 4.78 is 34.0. The summed E-state index contributed by atoms with van der Waals surface area (Å²) in [5, 5.41) is 0. The fourth-order valence-electron chi connectivity index (χ4n) is 3.55. The first-order chi connectivity index (χ1) is 15.7. The summed E-state index contributed by atoms with van der Waals surface area (Å²) in [5.74, 6) is -0.0540. The van der Waals surface area contributed by atoms with Crippen LogP contribution in [0.25, 0.3) is 11.0 Å². The van der Waals surface area contributed by atoms with Gasteiger partial charge in [-0.05, 0) is 36.8 Å². The van der Waals surface area contributed by atoms with Gasteiger partial charge in [0.05, 0.1) is 27.2 Å². The van der Waals surface area contributed by atoms with E-state index in [4.69, 9.17) is 4.74 Å². The maximum absolute atomic E-state index is 12.8. The van der Waals surface area contributed by atoms with Gasteiger partial charge in [-0.15, -0.1) is 11.3 Å². The van der Waals surface area contributed by atoms with E-state index in [9.17, 15) is 18.0 Å². The maximum Gasteiger partial charge on any atom is 0.306 e. The van der Waals surface area contributed by atoms with Crippen molar-refractivity contribution in [3.05, 3.63) is 45.9 Å². The first-order valence-electron chi connectivity index (χ1n) is 10.9. The molecule has 0 amide bonds. The van der Waals surface area contributed by atoms with Crippen molar-refractivity contribution < 1.29 is 22.7 Å². The number of ketones is 1. The number of benzene rings is 1. The van der Waals surface area contributed by atoms with Crippen LogP contribution in [-0.2, 0) is 39.4 Å². The number of esters is 1. The average molecular weight is 492 g/mol. The molecular formula is C23H29N3O5S2. The molecule has 2 aromatic heterocycles. The van der Waals surface area contributed by atoms with Crippen LogP contribution in [0.2, 0.25) is 0 Å². The number of ether oxygens (including phenoxy) is 1. The van der Waals surface area contributed by atoms with Crippen LogP contribution in [0.1, 0.15) is 47.6 Å². The first kappa shape index (κ1) is 25.1. The van der Waals surface area contributed by atoms with Crippen LogP contribution in [0.4, 0.5) is 0 Å². The molecule has 3 aromatic rings. The highest BCUT2D eigenvalue weighted by Gasteiger charge is 2.23. The molecule has 33 heavy (non-hydrogen) atoms. The van der Waals surface area contributed by atoms with Gasteiger partial charge in [0.25, 0.3) is 0 Å². The van der Waals surface area contributed by atoms with Crippen LogP contribution >= 0.6 is 11.3 Å². The third kappa shape index (κ3) is 5.51. The summed E-state index contributed by atoms with van der Waals surface area (Å²) in [7, 11) is -1.76. The highest BCUT2D eigenvalue weighted by atomic mass is 32.2. The molecule has 0 atom stereocenters. The highest BCUT2D eigenvalue weighted by Crippen LogP contribution is 2.23. The monoisotopic (exact) mass is 491 g/mol. The molecule has 2 heterocycles. The number of fused-ring (bicyclic) bond motifs is 1. The number of aryl methyl sites for hydroxylation is 3. The SMILES string of the molecule is CCc1ccc(C(=O)COC(=O)CCc2nc3cc(S(=O)(=O)N(CC)CC)ccc3n2C)s1. The van der Waals surface area contributed by atoms with E-state index in [-0.39, 0.29) is 23.7 Å². The summed E-state index contributed by atoms with van der Waals surface area (Å²) >= 11 is 1.41. The molecule has 0 unspecified atom stereocenters. The van der Waals surface area contributed by atoms with Crippen LogP contribution < -0.4 is 0 Å². The summed E-state index contributed by atoms with van der Waals surface area (Å²) in [6.07, 6.45) is 1.24. The van der Waals surface area contributed by atoms with Crippen LogP contribution in [0.5, 0.6) is 0 Å². The van der Waals surface area contributed by atoms with Crippen molar-refractivity contribution in [1.29, 1.82) is 0 Å². The molecule has 8 nitrogen and oxygen atoms in total. The van der Waals surface area contributed by atoms with Gasteiger partial charge in [-0.3, -0.25) is 9.59 Å². The van der Waals surface area contributed by atoms with Gasteiger partial charge in [-0.2, -0.15) is 4.31 Å². The number of hydrogen-bond acceptors (Lipinski definition) is 7. The number of rotatable bonds is 11. The molecule has 0 radical (unpaired) electrons. The predicted octanol–water partition coefficient (Wildman–Crippen LogP) is 3.59. The third-order valence-corrected chi connectivity index (χ3v) is 8.81. The molecule has 1 aromatic carbocycles. The van der Waals surface area contributed by atoms with Crippen molar-refractivity contribution >= 4 is 44.1 Å². The number of carbonyl (C=O) groups is 2. The van der Waals surface area contributed by atoms with Gasteiger partial charge < -0.3 is 9.30 Å². The molecular weight excluding hydrogens is 462 g/mol. The van der Waals surface area contributed by atoms with E-state index in [1.807, 2.05) is 24.6 Å². The van der Waals surface area contributed by atoms with Crippen molar-refractivity contribution in [2.45, 2.75) is 44.9 Å². The van der Waals surface area contributed by atoms with E-state index >= 15 is 0 Å². The molecule has 0 saturated carbocycles. The Morgan fingerprint density at radius 2 is 1.85 bits per heavy atom. The quantitative estimate of drug-likeness (QED) is 0.300. The average Bonchev–Trinajstić information content (AvgIpc) is 3.41. The summed E-state index contributed by atoms with van der Waals surface area (Å²) in [5.41, 5.74) is 1.32. The second kappa shape index (κ2) is 10.6. The van der Waals surface area contributed by atoms with E-state index < -0.39 is 16.0 Å². The molecule has 0 N–H and O–H groups in total. The van der Waals surface area contributed by atoms with Crippen molar-refractivity contribution in [1.82, 2.24) is 13.9 Å². The fourth-order valence-corrected chi connectivity index (χ4v) is 5.90. The highest BCUT2D eigenvalue weighted by molar-refractivity contribution is 7.89. The van der Waals surface area contributed by atoms with Gasteiger partial charge in [0, 0.05) is 31.4 Å². The lowest BCUT2D eigenvalue weighted by Gasteiger charge is -2.18. The zero-order valence-corrected chi connectivity index (χ0v) is 21.0. The van der Waals surface area contributed by atoms with E-state index in [1.54, 1.807) is 38.1 Å². The van der Waals surface area contributed by atoms with Gasteiger partial charge in [-0.1, -0.05) is 20.8 Å². The zero-order valence-electron chi connectivity index (χ0n) is 19.3. The standard InChI is InChI=1S/C23H29N3O5S2/c1-5-16-8-11-21(32-16)20(27)15-31-23(28)13-12-22-24-18-14-17(9-10-19(18)25(22)4)33(29,30)26(6-2)7-3/h8-11,14H,5-7,12-13,15H2,1-4H3. The fraction of sp³-hybridized carbons (Fsp3) is 0.435. The van der Waals surface area contributed by atoms with Gasteiger partial charge in [-0.25, -0.2) is 13.4 Å². The smallest absolute Gasteiger partial charge is 0.306 e. The van der Waals surface area contributed by atoms with Gasteiger partial charge in [0.2, 0.25) is 15.8 Å². The second-order valence-corrected chi connectivity index (χ2v) is 10.6. The number of imidazole rings is 1. The Labute approximate surface area is 198 Å². The second-order valence-electron chi connectivity index (χ2n) is 7.53. The lowest BCUT2D eigenvalue weighted by molar-refractivity contribution is -0.142. The lowest BCUT2D eigenvalue weighted by atomic mass is 10.3. The minimum absolute atomic E-state index is 0.0691. The van der Waals surface area contributed by atoms with E-state index in [0.29, 0.717) is 35.7 Å². The Morgan fingerprint density at radius 3 is 2.48 bits per heavy atom. The molecule has 10 heteroatoms. The Bertz CT molecular complexity index is 1260. The molecule has 0 fully saturated rings. The number of aromatic nitrogens is 2. The molecule has 0 spiro atoms. The van der Waals surface area contributed by atoms with Crippen molar-refractivity contribution in [2.75, 3.05) is 19.7 Å². The van der Waals surface area contributed by atoms with Gasteiger partial charge in [0.15, 0.2) is 6.61 Å². The van der Waals surface area contributed by atoms with Crippen molar-refractivity contribution in [3.8, 4) is 0 Å². The minimum Gasteiger partial charge on any atom is -0.457 e. The van der Waals surface area contributed by atoms with Crippen molar-refractivity contribution in [2.24, 2.45) is 7.05 Å². The summed E-state index contributed by atoms with van der Waals surface area (Å²) in [6, 6.07) is 8.54. The number of Topliss-reactive ketones (excluding diaryl/α,β-unsaturated/α-hetero) is 1. The predicted molar refractivity (Wildman–Crippen MR) is 128 cm³/mol. The Balaban J connectivity index is 1.65. The Hall–Kier alpha value is -2.56. The Kier molecular flexibility index (Phi) is 8.04. The number of carbonyl (C=O) groups excluding carboxylic acids is 2. The molecule has 3 rings (SSSR count). The van der Waals surface area contributed by atoms with E-state index in [0.717, 1.165) is 16.8 Å². The largest absolute Gasteiger partial charge is 0.457 e. The number of nitrogens with zero attached hydrogens (tertiary/aromatic N) is 3. The lowest BCUT2D eigenvalue weighted by Crippen LogP contribution is -2.30. The molecule has 178 valence electrons. The molecule has 0 aliphatic carbocycles. The Morgan fingerprint density at radius 1 is 1.12 bits per heavy atom. The molecule has 0 aliphatic rings. The number of thiophene rings is 1. The normalized spacial score (nSPS) is 11.9. The van der Waals surface area contributed by atoms with Gasteiger partial charge >= 0.3 is 5.97 Å². The zero-order chi connectivity index (χ0) is 24.2. The van der Waals surface area contributed by atoms with Crippen molar-refractivity contribution in [3.63, 3.8) is 0 Å². The van der Waals surface area contributed by atoms with Crippen LogP contribution in [0, 0.1) is 0 Å². The summed E-state index contributed by atoms with van der Waals surface area (Å²) in [4.78, 5) is 30.8. The summed E-state index contributed by atoms with van der Waals surface area (Å²) in [6.45, 7) is 6.12.